The van der Waals surface area contributed by atoms with E-state index in [1.165, 1.54) is 16.8 Å². The van der Waals surface area contributed by atoms with Crippen molar-refractivity contribution in [2.45, 2.75) is 13.8 Å². The number of carbonyl (C=O) groups is 1. The SMILES string of the molecule is CC(C)CNC(=O)Nc1c(-c2ccccc2)nn(-c2ccc(F)cc2)c1N. The molecule has 27 heavy (non-hydrogen) atoms. The summed E-state index contributed by atoms with van der Waals surface area (Å²) in [5.74, 6) is 0.239. The molecular formula is C20H22FN5O. The van der Waals surface area contributed by atoms with Gasteiger partial charge in [0.25, 0.3) is 0 Å². The van der Waals surface area contributed by atoms with E-state index >= 15 is 0 Å². The second kappa shape index (κ2) is 7.90. The highest BCUT2D eigenvalue weighted by Gasteiger charge is 2.20. The normalized spacial score (nSPS) is 10.8. The minimum atomic E-state index is -0.355. The fourth-order valence-electron chi connectivity index (χ4n) is 2.59. The number of nitrogens with two attached hydrogens (primary N) is 1. The molecule has 0 fully saturated rings. The molecule has 0 atom stereocenters. The highest BCUT2D eigenvalue weighted by molar-refractivity contribution is 5.97. The zero-order valence-corrected chi connectivity index (χ0v) is 15.2. The molecule has 0 unspecified atom stereocenters. The second-order valence-electron chi connectivity index (χ2n) is 6.59. The lowest BCUT2D eigenvalue weighted by Gasteiger charge is -2.10. The first-order chi connectivity index (χ1) is 13.0. The average molecular weight is 367 g/mol. The zero-order valence-electron chi connectivity index (χ0n) is 15.2. The fraction of sp³-hybridized carbons (Fsp3) is 0.200. The zero-order chi connectivity index (χ0) is 19.4. The van der Waals surface area contributed by atoms with Crippen LogP contribution < -0.4 is 16.4 Å². The van der Waals surface area contributed by atoms with Crippen molar-refractivity contribution in [3.05, 3.63) is 60.4 Å². The third-order valence-corrected chi connectivity index (χ3v) is 3.95. The van der Waals surface area contributed by atoms with Gasteiger partial charge in [0, 0.05) is 12.1 Å². The Bertz CT molecular complexity index is 920. The number of halogens is 1. The average Bonchev–Trinajstić information content (AvgIpc) is 2.98. The van der Waals surface area contributed by atoms with E-state index in [1.54, 1.807) is 12.1 Å². The van der Waals surface area contributed by atoms with E-state index in [2.05, 4.69) is 15.7 Å². The lowest BCUT2D eigenvalue weighted by Crippen LogP contribution is -2.32. The van der Waals surface area contributed by atoms with Crippen molar-refractivity contribution >= 4 is 17.5 Å². The number of urea groups is 1. The molecule has 2 aromatic carbocycles. The molecule has 0 bridgehead atoms. The Morgan fingerprint density at radius 1 is 1.15 bits per heavy atom. The first kappa shape index (κ1) is 18.4. The Labute approximate surface area is 157 Å². The van der Waals surface area contributed by atoms with Crippen LogP contribution in [0.2, 0.25) is 0 Å². The number of rotatable bonds is 5. The number of hydrogen-bond acceptors (Lipinski definition) is 3. The molecule has 1 aromatic heterocycles. The number of nitrogens with zero attached hydrogens (tertiary/aromatic N) is 2. The maximum absolute atomic E-state index is 13.2. The number of nitrogen functional groups attached to an aromatic ring is 1. The molecule has 0 aliphatic carbocycles. The smallest absolute Gasteiger partial charge is 0.319 e. The van der Waals surface area contributed by atoms with Crippen LogP contribution >= 0.6 is 0 Å². The van der Waals surface area contributed by atoms with Crippen LogP contribution in [-0.2, 0) is 0 Å². The first-order valence-electron chi connectivity index (χ1n) is 8.70. The first-order valence-corrected chi connectivity index (χ1v) is 8.70. The third kappa shape index (κ3) is 4.25. The summed E-state index contributed by atoms with van der Waals surface area (Å²) in [5, 5.41) is 10.2. The van der Waals surface area contributed by atoms with Crippen molar-refractivity contribution in [2.24, 2.45) is 5.92 Å². The van der Waals surface area contributed by atoms with E-state index in [4.69, 9.17) is 5.73 Å². The van der Waals surface area contributed by atoms with Gasteiger partial charge in [0.2, 0.25) is 0 Å². The molecule has 3 aromatic rings. The molecule has 0 aliphatic heterocycles. The Morgan fingerprint density at radius 2 is 1.81 bits per heavy atom. The molecular weight excluding hydrogens is 345 g/mol. The molecule has 0 saturated carbocycles. The number of carbonyl (C=O) groups excluding carboxylic acids is 1. The summed E-state index contributed by atoms with van der Waals surface area (Å²) in [6.45, 7) is 4.56. The Hall–Kier alpha value is -3.35. The summed E-state index contributed by atoms with van der Waals surface area (Å²) in [6.07, 6.45) is 0. The summed E-state index contributed by atoms with van der Waals surface area (Å²) < 4.78 is 14.7. The molecule has 0 radical (unpaired) electrons. The van der Waals surface area contributed by atoms with Crippen LogP contribution in [0, 0.1) is 11.7 Å². The predicted octanol–water partition coefficient (Wildman–Crippen LogP) is 4.04. The summed E-state index contributed by atoms with van der Waals surface area (Å²) in [4.78, 5) is 12.3. The lowest BCUT2D eigenvalue weighted by molar-refractivity contribution is 0.251. The second-order valence-corrected chi connectivity index (χ2v) is 6.59. The van der Waals surface area contributed by atoms with Gasteiger partial charge >= 0.3 is 6.03 Å². The van der Waals surface area contributed by atoms with E-state index in [0.29, 0.717) is 29.5 Å². The monoisotopic (exact) mass is 367 g/mol. The van der Waals surface area contributed by atoms with Crippen LogP contribution in [0.1, 0.15) is 13.8 Å². The van der Waals surface area contributed by atoms with Gasteiger partial charge in [-0.15, -0.1) is 0 Å². The minimum Gasteiger partial charge on any atom is -0.382 e. The molecule has 140 valence electrons. The largest absolute Gasteiger partial charge is 0.382 e. The standard InChI is InChI=1S/C20H22FN5O/c1-13(2)12-23-20(27)24-18-17(14-6-4-3-5-7-14)25-26(19(18)22)16-10-8-15(21)9-11-16/h3-11,13H,12,22H2,1-2H3,(H2,23,24,27). The van der Waals surface area contributed by atoms with E-state index in [0.717, 1.165) is 5.56 Å². The molecule has 4 N–H and O–H groups in total. The lowest BCUT2D eigenvalue weighted by atomic mass is 10.1. The number of amides is 2. The molecule has 3 rings (SSSR count). The van der Waals surface area contributed by atoms with Crippen LogP contribution in [0.5, 0.6) is 0 Å². The van der Waals surface area contributed by atoms with Gasteiger partial charge in [-0.25, -0.2) is 13.9 Å². The summed E-state index contributed by atoms with van der Waals surface area (Å²) in [6, 6.07) is 14.9. The molecule has 1 heterocycles. The van der Waals surface area contributed by atoms with Gasteiger partial charge in [0.1, 0.15) is 17.2 Å². The summed E-state index contributed by atoms with van der Waals surface area (Å²) in [7, 11) is 0. The summed E-state index contributed by atoms with van der Waals surface area (Å²) >= 11 is 0. The van der Waals surface area contributed by atoms with Gasteiger partial charge in [-0.1, -0.05) is 44.2 Å². The molecule has 0 spiro atoms. The van der Waals surface area contributed by atoms with Crippen LogP contribution in [0.25, 0.3) is 16.9 Å². The minimum absolute atomic E-state index is 0.264. The Morgan fingerprint density at radius 3 is 2.44 bits per heavy atom. The number of benzene rings is 2. The number of nitrogens with one attached hydrogen (secondary N) is 2. The molecule has 7 heteroatoms. The van der Waals surface area contributed by atoms with E-state index in [9.17, 15) is 9.18 Å². The maximum Gasteiger partial charge on any atom is 0.319 e. The number of anilines is 2. The molecule has 0 saturated heterocycles. The van der Waals surface area contributed by atoms with Crippen molar-refractivity contribution in [3.63, 3.8) is 0 Å². The predicted molar refractivity (Wildman–Crippen MR) is 105 cm³/mol. The molecule has 0 aliphatic rings. The van der Waals surface area contributed by atoms with Gasteiger partial charge in [-0.2, -0.15) is 5.10 Å². The van der Waals surface area contributed by atoms with Crippen molar-refractivity contribution in [1.82, 2.24) is 15.1 Å². The van der Waals surface area contributed by atoms with Gasteiger partial charge in [0.05, 0.1) is 5.69 Å². The van der Waals surface area contributed by atoms with Crippen LogP contribution in [-0.4, -0.2) is 22.4 Å². The van der Waals surface area contributed by atoms with Crippen LogP contribution in [0.4, 0.5) is 20.7 Å². The van der Waals surface area contributed by atoms with Crippen molar-refractivity contribution in [1.29, 1.82) is 0 Å². The van der Waals surface area contributed by atoms with Gasteiger partial charge in [-0.3, -0.25) is 0 Å². The third-order valence-electron chi connectivity index (χ3n) is 3.95. The Balaban J connectivity index is 2.01. The van der Waals surface area contributed by atoms with Crippen molar-refractivity contribution in [3.8, 4) is 16.9 Å². The maximum atomic E-state index is 13.2. The van der Waals surface area contributed by atoms with E-state index < -0.39 is 0 Å². The highest BCUT2D eigenvalue weighted by atomic mass is 19.1. The molecule has 6 nitrogen and oxygen atoms in total. The van der Waals surface area contributed by atoms with Crippen LogP contribution in [0.3, 0.4) is 0 Å². The topological polar surface area (TPSA) is 85.0 Å². The van der Waals surface area contributed by atoms with Crippen molar-refractivity contribution in [2.75, 3.05) is 17.6 Å². The van der Waals surface area contributed by atoms with E-state index in [1.807, 2.05) is 44.2 Å². The van der Waals surface area contributed by atoms with Crippen LogP contribution in [0.15, 0.2) is 54.6 Å². The van der Waals surface area contributed by atoms with Gasteiger partial charge in [-0.05, 0) is 30.2 Å². The number of hydrogen-bond donors (Lipinski definition) is 3. The van der Waals surface area contributed by atoms with Gasteiger partial charge < -0.3 is 16.4 Å². The number of aromatic nitrogens is 2. The quantitative estimate of drug-likeness (QED) is 0.636. The Kier molecular flexibility index (Phi) is 5.40. The fourth-order valence-corrected chi connectivity index (χ4v) is 2.59. The highest BCUT2D eigenvalue weighted by Crippen LogP contribution is 2.34. The molecule has 2 amide bonds. The van der Waals surface area contributed by atoms with Gasteiger partial charge in [0.15, 0.2) is 5.82 Å². The van der Waals surface area contributed by atoms with Crippen molar-refractivity contribution < 1.29 is 9.18 Å². The summed E-state index contributed by atoms with van der Waals surface area (Å²) in [5.41, 5.74) is 8.64. The van der Waals surface area contributed by atoms with E-state index in [-0.39, 0.29) is 17.7 Å².